The molecule has 128 valence electrons. The van der Waals surface area contributed by atoms with Crippen molar-refractivity contribution in [2.24, 2.45) is 5.73 Å². The van der Waals surface area contributed by atoms with Crippen LogP contribution in [0.3, 0.4) is 0 Å². The second-order valence-corrected chi connectivity index (χ2v) is 6.40. The van der Waals surface area contributed by atoms with E-state index in [2.05, 4.69) is 5.32 Å². The summed E-state index contributed by atoms with van der Waals surface area (Å²) in [5, 5.41) is 3.85. The Morgan fingerprint density at radius 2 is 1.88 bits per heavy atom. The molecule has 2 aromatic rings. The smallest absolute Gasteiger partial charge is 0.248 e. The van der Waals surface area contributed by atoms with Crippen molar-refractivity contribution >= 4 is 40.5 Å². The molecule has 1 amide bonds. The maximum Gasteiger partial charge on any atom is 0.248 e. The van der Waals surface area contributed by atoms with E-state index in [1.165, 1.54) is 12.1 Å². The average molecular weight is 376 g/mol. The lowest BCUT2D eigenvalue weighted by atomic mass is 9.93. The van der Waals surface area contributed by atoms with Gasteiger partial charge < -0.3 is 16.0 Å². The summed E-state index contributed by atoms with van der Waals surface area (Å²) >= 11 is 11.8. The molecule has 7 heteroatoms. The molecule has 0 saturated carbocycles. The number of amides is 1. The minimum atomic E-state index is -0.605. The number of thiocarbonyl (C=S) groups is 1. The van der Waals surface area contributed by atoms with Crippen LogP contribution in [0, 0.1) is 5.82 Å². The lowest BCUT2D eigenvalue weighted by Gasteiger charge is -2.40. The molecule has 1 heterocycles. The third kappa shape index (κ3) is 3.23. The maximum absolute atomic E-state index is 13.4. The number of carbonyl (C=O) groups is 1. The van der Waals surface area contributed by atoms with Gasteiger partial charge in [0.05, 0.1) is 22.3 Å². The van der Waals surface area contributed by atoms with Crippen LogP contribution in [0.1, 0.15) is 18.5 Å². The summed E-state index contributed by atoms with van der Waals surface area (Å²) < 4.78 is 13.4. The molecule has 3 rings (SSSR count). The fourth-order valence-corrected chi connectivity index (χ4v) is 3.50. The van der Waals surface area contributed by atoms with Gasteiger partial charge in [-0.1, -0.05) is 35.9 Å². The molecule has 0 aliphatic carbocycles. The van der Waals surface area contributed by atoms with Crippen molar-refractivity contribution < 1.29 is 9.18 Å². The minimum Gasteiger partial charge on any atom is -0.366 e. The van der Waals surface area contributed by atoms with Gasteiger partial charge >= 0.3 is 0 Å². The van der Waals surface area contributed by atoms with Crippen molar-refractivity contribution in [1.82, 2.24) is 5.32 Å². The molecule has 1 aliphatic heterocycles. The van der Waals surface area contributed by atoms with E-state index in [1.54, 1.807) is 42.2 Å². The molecule has 0 saturated heterocycles. The number of hydrogen-bond acceptors (Lipinski definition) is 2. The standard InChI is InChI=1S/C18H15ClFN3OS/c1-10-15(17(21)24)16(11-6-8-12(20)9-7-11)23(18(25)22-10)14-5-3-2-4-13(14)19/h2-9,16H,1H3,(H2,21,24)(H,22,25). The van der Waals surface area contributed by atoms with Crippen LogP contribution >= 0.6 is 23.8 Å². The van der Waals surface area contributed by atoms with E-state index in [0.717, 1.165) is 0 Å². The summed E-state index contributed by atoms with van der Waals surface area (Å²) in [7, 11) is 0. The predicted molar refractivity (Wildman–Crippen MR) is 101 cm³/mol. The monoisotopic (exact) mass is 375 g/mol. The molecule has 0 aromatic heterocycles. The predicted octanol–water partition coefficient (Wildman–Crippen LogP) is 3.67. The molecule has 3 N–H and O–H groups in total. The van der Waals surface area contributed by atoms with Crippen LogP contribution in [0.4, 0.5) is 10.1 Å². The van der Waals surface area contributed by atoms with E-state index in [9.17, 15) is 9.18 Å². The normalized spacial score (nSPS) is 17.5. The van der Waals surface area contributed by atoms with Crippen LogP contribution in [0.5, 0.6) is 0 Å². The number of primary amides is 1. The molecule has 0 radical (unpaired) electrons. The van der Waals surface area contributed by atoms with Gasteiger partial charge in [-0.05, 0) is 49.0 Å². The number of benzene rings is 2. The molecule has 1 aliphatic rings. The van der Waals surface area contributed by atoms with E-state index in [1.807, 2.05) is 6.07 Å². The fraction of sp³-hybridized carbons (Fsp3) is 0.111. The Balaban J connectivity index is 2.24. The van der Waals surface area contributed by atoms with Gasteiger partial charge in [-0.15, -0.1) is 0 Å². The number of nitrogens with one attached hydrogen (secondary N) is 1. The first-order valence-electron chi connectivity index (χ1n) is 7.51. The zero-order valence-corrected chi connectivity index (χ0v) is 14.9. The average Bonchev–Trinajstić information content (AvgIpc) is 2.55. The van der Waals surface area contributed by atoms with Crippen molar-refractivity contribution in [2.75, 3.05) is 4.90 Å². The molecule has 25 heavy (non-hydrogen) atoms. The van der Waals surface area contributed by atoms with Gasteiger partial charge in [-0.3, -0.25) is 4.79 Å². The van der Waals surface area contributed by atoms with Crippen molar-refractivity contribution in [1.29, 1.82) is 0 Å². The number of nitrogens with two attached hydrogens (primary N) is 1. The number of carbonyl (C=O) groups excluding carboxylic acids is 1. The van der Waals surface area contributed by atoms with Gasteiger partial charge in [0, 0.05) is 5.70 Å². The SMILES string of the molecule is CC1=C(C(N)=O)C(c2ccc(F)cc2)N(c2ccccc2Cl)C(=S)N1. The number of rotatable bonds is 3. The summed E-state index contributed by atoms with van der Waals surface area (Å²) in [6.45, 7) is 1.73. The molecular formula is C18H15ClFN3OS. The highest BCUT2D eigenvalue weighted by Crippen LogP contribution is 2.39. The van der Waals surface area contributed by atoms with Crippen molar-refractivity contribution in [3.8, 4) is 0 Å². The molecule has 2 aromatic carbocycles. The first-order chi connectivity index (χ1) is 11.9. The second-order valence-electron chi connectivity index (χ2n) is 5.61. The van der Waals surface area contributed by atoms with Gasteiger partial charge in [0.25, 0.3) is 0 Å². The number of para-hydroxylation sites is 1. The summed E-state index contributed by atoms with van der Waals surface area (Å²) in [5.41, 5.74) is 7.84. The number of halogens is 2. The summed E-state index contributed by atoms with van der Waals surface area (Å²) in [4.78, 5) is 13.9. The molecule has 1 atom stereocenters. The van der Waals surface area contributed by atoms with Gasteiger partial charge in [-0.25, -0.2) is 4.39 Å². The number of allylic oxidation sites excluding steroid dienone is 1. The highest BCUT2D eigenvalue weighted by molar-refractivity contribution is 7.80. The molecule has 0 spiro atoms. The highest BCUT2D eigenvalue weighted by Gasteiger charge is 2.36. The van der Waals surface area contributed by atoms with E-state index in [-0.39, 0.29) is 5.82 Å². The van der Waals surface area contributed by atoms with E-state index in [4.69, 9.17) is 29.6 Å². The Labute approximate surface area is 155 Å². The highest BCUT2D eigenvalue weighted by atomic mass is 35.5. The molecule has 0 fully saturated rings. The van der Waals surface area contributed by atoms with Crippen molar-refractivity contribution in [2.45, 2.75) is 13.0 Å². The third-order valence-corrected chi connectivity index (χ3v) is 4.63. The van der Waals surface area contributed by atoms with E-state index >= 15 is 0 Å². The Morgan fingerprint density at radius 1 is 1.24 bits per heavy atom. The Kier molecular flexibility index (Phi) is 4.74. The van der Waals surface area contributed by atoms with Gasteiger partial charge in [0.1, 0.15) is 5.82 Å². The van der Waals surface area contributed by atoms with Crippen molar-refractivity contribution in [3.63, 3.8) is 0 Å². The summed E-state index contributed by atoms with van der Waals surface area (Å²) in [5.74, 6) is -0.954. The van der Waals surface area contributed by atoms with Crippen LogP contribution in [0.15, 0.2) is 59.8 Å². The molecule has 4 nitrogen and oxygen atoms in total. The molecular weight excluding hydrogens is 361 g/mol. The van der Waals surface area contributed by atoms with Crippen LogP contribution in [0.2, 0.25) is 5.02 Å². The lowest BCUT2D eigenvalue weighted by Crippen LogP contribution is -2.49. The van der Waals surface area contributed by atoms with Gasteiger partial charge in [0.15, 0.2) is 5.11 Å². The number of hydrogen-bond donors (Lipinski definition) is 2. The lowest BCUT2D eigenvalue weighted by molar-refractivity contribution is -0.114. The third-order valence-electron chi connectivity index (χ3n) is 4.01. The molecule has 1 unspecified atom stereocenters. The number of anilines is 1. The largest absolute Gasteiger partial charge is 0.366 e. The Bertz CT molecular complexity index is 882. The van der Waals surface area contributed by atoms with Crippen LogP contribution in [-0.4, -0.2) is 11.0 Å². The summed E-state index contributed by atoms with van der Waals surface area (Å²) in [6.07, 6.45) is 0. The van der Waals surface area contributed by atoms with Crippen molar-refractivity contribution in [3.05, 3.63) is 76.2 Å². The molecule has 0 bridgehead atoms. The topological polar surface area (TPSA) is 58.4 Å². The van der Waals surface area contributed by atoms with E-state index < -0.39 is 11.9 Å². The first-order valence-corrected chi connectivity index (χ1v) is 8.29. The van der Waals surface area contributed by atoms with Gasteiger partial charge in [0.2, 0.25) is 5.91 Å². The van der Waals surface area contributed by atoms with Gasteiger partial charge in [-0.2, -0.15) is 0 Å². The first kappa shape index (κ1) is 17.4. The zero-order chi connectivity index (χ0) is 18.1. The second kappa shape index (κ2) is 6.82. The number of nitrogens with zero attached hydrogens (tertiary/aromatic N) is 1. The summed E-state index contributed by atoms with van der Waals surface area (Å²) in [6, 6.07) is 12.4. The maximum atomic E-state index is 13.4. The Hall–Kier alpha value is -2.44. The zero-order valence-electron chi connectivity index (χ0n) is 13.3. The van der Waals surface area contributed by atoms with E-state index in [0.29, 0.717) is 32.7 Å². The van der Waals surface area contributed by atoms with Crippen LogP contribution in [0.25, 0.3) is 0 Å². The Morgan fingerprint density at radius 3 is 2.48 bits per heavy atom. The minimum absolute atomic E-state index is 0.347. The van der Waals surface area contributed by atoms with Crippen LogP contribution in [-0.2, 0) is 4.79 Å². The quantitative estimate of drug-likeness (QED) is 0.803. The van der Waals surface area contributed by atoms with Crippen LogP contribution < -0.4 is 16.0 Å². The fourth-order valence-electron chi connectivity index (χ4n) is 2.92.